The molecule has 1 heterocycles. The van der Waals surface area contributed by atoms with Gasteiger partial charge in [-0.2, -0.15) is 0 Å². The highest BCUT2D eigenvalue weighted by Crippen LogP contribution is 2.16. The largest absolute Gasteiger partial charge is 0.393 e. The van der Waals surface area contributed by atoms with E-state index < -0.39 is 11.6 Å². The highest BCUT2D eigenvalue weighted by Gasteiger charge is 2.14. The van der Waals surface area contributed by atoms with Crippen molar-refractivity contribution in [3.8, 4) is 0 Å². The molecule has 1 atom stereocenters. The minimum Gasteiger partial charge on any atom is -0.393 e. The Kier molecular flexibility index (Phi) is 4.12. The molecule has 6 heteroatoms. The van der Waals surface area contributed by atoms with Gasteiger partial charge < -0.3 is 10.6 Å². The zero-order valence-corrected chi connectivity index (χ0v) is 9.89. The Morgan fingerprint density at radius 2 is 2.25 bits per heavy atom. The average Bonchev–Trinajstić information content (AvgIpc) is 2.16. The molecule has 2 N–H and O–H groups in total. The lowest BCUT2D eigenvalue weighted by molar-refractivity contribution is 0.567. The first-order valence-corrected chi connectivity index (χ1v) is 5.14. The number of nitrogens with two attached hydrogens (primary N) is 1. The standard InChI is InChI=1S/C10H13F2N3S/c1-6(9(13)16)5-15(2)10-8(12)3-7(11)4-14-10/h3-4,6H,5H2,1-2H3,(H2,13,16). The summed E-state index contributed by atoms with van der Waals surface area (Å²) < 4.78 is 26.0. The van der Waals surface area contributed by atoms with Crippen LogP contribution in [0.3, 0.4) is 0 Å². The van der Waals surface area contributed by atoms with Crippen LogP contribution < -0.4 is 10.6 Å². The van der Waals surface area contributed by atoms with E-state index in [0.29, 0.717) is 11.5 Å². The molecule has 3 nitrogen and oxygen atoms in total. The van der Waals surface area contributed by atoms with Crippen LogP contribution in [0, 0.1) is 17.6 Å². The number of aromatic nitrogens is 1. The lowest BCUT2D eigenvalue weighted by atomic mass is 10.2. The molecule has 0 aliphatic rings. The van der Waals surface area contributed by atoms with Crippen molar-refractivity contribution in [3.63, 3.8) is 0 Å². The number of anilines is 1. The Labute approximate surface area is 98.3 Å². The maximum atomic E-state index is 13.3. The molecule has 0 radical (unpaired) electrons. The first kappa shape index (κ1) is 12.8. The summed E-state index contributed by atoms with van der Waals surface area (Å²) in [6.45, 7) is 2.27. The maximum absolute atomic E-state index is 13.3. The normalized spacial score (nSPS) is 12.2. The Balaban J connectivity index is 2.80. The van der Waals surface area contributed by atoms with Crippen molar-refractivity contribution in [2.24, 2.45) is 11.7 Å². The molecule has 0 aliphatic carbocycles. The van der Waals surface area contributed by atoms with Crippen LogP contribution in [0.1, 0.15) is 6.92 Å². The molecule has 1 rings (SSSR count). The van der Waals surface area contributed by atoms with E-state index in [-0.39, 0.29) is 11.7 Å². The van der Waals surface area contributed by atoms with Crippen LogP contribution >= 0.6 is 12.2 Å². The maximum Gasteiger partial charge on any atom is 0.168 e. The van der Waals surface area contributed by atoms with E-state index in [1.165, 1.54) is 0 Å². The number of nitrogens with zero attached hydrogens (tertiary/aromatic N) is 2. The van der Waals surface area contributed by atoms with Crippen molar-refractivity contribution < 1.29 is 8.78 Å². The highest BCUT2D eigenvalue weighted by atomic mass is 32.1. The lowest BCUT2D eigenvalue weighted by Crippen LogP contribution is -2.32. The van der Waals surface area contributed by atoms with Crippen LogP contribution in [0.15, 0.2) is 12.3 Å². The molecule has 0 fully saturated rings. The summed E-state index contributed by atoms with van der Waals surface area (Å²) in [6, 6.07) is 0.796. The molecule has 0 saturated heterocycles. The van der Waals surface area contributed by atoms with Gasteiger partial charge in [0.15, 0.2) is 11.6 Å². The van der Waals surface area contributed by atoms with Crippen LogP contribution in [0.2, 0.25) is 0 Å². The number of halogens is 2. The Morgan fingerprint density at radius 3 is 2.75 bits per heavy atom. The Bertz CT molecular complexity index is 398. The summed E-state index contributed by atoms with van der Waals surface area (Å²) >= 11 is 4.82. The molecule has 88 valence electrons. The summed E-state index contributed by atoms with van der Waals surface area (Å²) in [7, 11) is 1.65. The van der Waals surface area contributed by atoms with E-state index in [2.05, 4.69) is 4.98 Å². The third kappa shape index (κ3) is 3.10. The van der Waals surface area contributed by atoms with Gasteiger partial charge in [0, 0.05) is 25.6 Å². The van der Waals surface area contributed by atoms with Crippen LogP contribution in [0.25, 0.3) is 0 Å². The van der Waals surface area contributed by atoms with Gasteiger partial charge in [0.25, 0.3) is 0 Å². The van der Waals surface area contributed by atoms with Crippen molar-refractivity contribution in [3.05, 3.63) is 23.9 Å². The van der Waals surface area contributed by atoms with Crippen molar-refractivity contribution >= 4 is 23.0 Å². The summed E-state index contributed by atoms with van der Waals surface area (Å²) in [6.07, 6.45) is 0.973. The summed E-state index contributed by atoms with van der Waals surface area (Å²) in [5.41, 5.74) is 5.46. The zero-order chi connectivity index (χ0) is 12.3. The molecular formula is C10H13F2N3S. The molecule has 1 aromatic heterocycles. The number of pyridine rings is 1. The van der Waals surface area contributed by atoms with Gasteiger partial charge in [0.1, 0.15) is 5.82 Å². The average molecular weight is 245 g/mol. The van der Waals surface area contributed by atoms with Gasteiger partial charge in [-0.1, -0.05) is 19.1 Å². The van der Waals surface area contributed by atoms with E-state index >= 15 is 0 Å². The van der Waals surface area contributed by atoms with Crippen LogP contribution in [0.4, 0.5) is 14.6 Å². The van der Waals surface area contributed by atoms with Gasteiger partial charge in [-0.3, -0.25) is 0 Å². The summed E-state index contributed by atoms with van der Waals surface area (Å²) in [5, 5.41) is 0. The highest BCUT2D eigenvalue weighted by molar-refractivity contribution is 7.80. The fourth-order valence-corrected chi connectivity index (χ4v) is 1.35. The van der Waals surface area contributed by atoms with Gasteiger partial charge in [-0.25, -0.2) is 13.8 Å². The van der Waals surface area contributed by atoms with Crippen LogP contribution in [-0.2, 0) is 0 Å². The van der Waals surface area contributed by atoms with Gasteiger partial charge in [0.05, 0.1) is 11.2 Å². The predicted octanol–water partition coefficient (Wildman–Crippen LogP) is 1.72. The molecular weight excluding hydrogens is 232 g/mol. The SMILES string of the molecule is CC(CN(C)c1ncc(F)cc1F)C(N)=S. The molecule has 0 spiro atoms. The number of rotatable bonds is 4. The van der Waals surface area contributed by atoms with E-state index in [0.717, 1.165) is 12.3 Å². The lowest BCUT2D eigenvalue weighted by Gasteiger charge is -2.22. The minimum atomic E-state index is -0.697. The van der Waals surface area contributed by atoms with Crippen LogP contribution in [0.5, 0.6) is 0 Å². The first-order chi connectivity index (χ1) is 7.41. The molecule has 0 saturated carbocycles. The van der Waals surface area contributed by atoms with Gasteiger partial charge >= 0.3 is 0 Å². The molecule has 1 aromatic rings. The molecule has 16 heavy (non-hydrogen) atoms. The minimum absolute atomic E-state index is 0.0637. The van der Waals surface area contributed by atoms with Gasteiger partial charge in [-0.05, 0) is 0 Å². The third-order valence-electron chi connectivity index (χ3n) is 2.18. The fraction of sp³-hybridized carbons (Fsp3) is 0.400. The molecule has 0 aliphatic heterocycles. The Morgan fingerprint density at radius 1 is 1.62 bits per heavy atom. The topological polar surface area (TPSA) is 42.2 Å². The summed E-state index contributed by atoms with van der Waals surface area (Å²) in [4.78, 5) is 5.59. The summed E-state index contributed by atoms with van der Waals surface area (Å²) in [5.74, 6) is -1.37. The number of hydrogen-bond acceptors (Lipinski definition) is 3. The number of thiocarbonyl (C=S) groups is 1. The van der Waals surface area contributed by atoms with Crippen molar-refractivity contribution in [1.29, 1.82) is 0 Å². The molecule has 1 unspecified atom stereocenters. The van der Waals surface area contributed by atoms with E-state index in [9.17, 15) is 8.78 Å². The zero-order valence-electron chi connectivity index (χ0n) is 9.08. The quantitative estimate of drug-likeness (QED) is 0.820. The fourth-order valence-electron chi connectivity index (χ4n) is 1.28. The molecule has 0 bridgehead atoms. The third-order valence-corrected chi connectivity index (χ3v) is 2.59. The molecule has 0 aromatic carbocycles. The first-order valence-electron chi connectivity index (χ1n) is 4.73. The molecule has 0 amide bonds. The Hall–Kier alpha value is -1.30. The second-order valence-corrected chi connectivity index (χ2v) is 4.11. The smallest absolute Gasteiger partial charge is 0.168 e. The number of hydrogen-bond donors (Lipinski definition) is 1. The van der Waals surface area contributed by atoms with Crippen molar-refractivity contribution in [1.82, 2.24) is 4.98 Å². The van der Waals surface area contributed by atoms with Crippen LogP contribution in [-0.4, -0.2) is 23.6 Å². The second-order valence-electron chi connectivity index (χ2n) is 3.64. The van der Waals surface area contributed by atoms with Gasteiger partial charge in [-0.15, -0.1) is 0 Å². The van der Waals surface area contributed by atoms with Gasteiger partial charge in [0.2, 0.25) is 0 Å². The predicted molar refractivity (Wildman–Crippen MR) is 63.4 cm³/mol. The van der Waals surface area contributed by atoms with E-state index in [4.69, 9.17) is 18.0 Å². The second kappa shape index (κ2) is 5.16. The van der Waals surface area contributed by atoms with E-state index in [1.54, 1.807) is 11.9 Å². The monoisotopic (exact) mass is 245 g/mol. The van der Waals surface area contributed by atoms with Crippen molar-refractivity contribution in [2.45, 2.75) is 6.92 Å². The van der Waals surface area contributed by atoms with Crippen molar-refractivity contribution in [2.75, 3.05) is 18.5 Å². The van der Waals surface area contributed by atoms with E-state index in [1.807, 2.05) is 6.92 Å².